The van der Waals surface area contributed by atoms with Crippen molar-refractivity contribution in [3.05, 3.63) is 22.2 Å². The fraction of sp³-hybridized carbons (Fsp3) is 0.852. The highest BCUT2D eigenvalue weighted by atomic mass is 16.7. The predicted octanol–water partition coefficient (Wildman–Crippen LogP) is 3.35. The second-order valence-corrected chi connectivity index (χ2v) is 10.3. The summed E-state index contributed by atoms with van der Waals surface area (Å²) in [6.45, 7) is 1.64. The van der Waals surface area contributed by atoms with E-state index in [9.17, 15) is 25.2 Å². The fourth-order valence-corrected chi connectivity index (χ4v) is 4.92. The third kappa shape index (κ3) is 9.10. The molecule has 208 valence electrons. The number of anilines is 1. The van der Waals surface area contributed by atoms with Crippen molar-refractivity contribution in [1.29, 1.82) is 0 Å². The molecule has 0 aliphatic carbocycles. The second kappa shape index (κ2) is 16.3. The molecule has 0 amide bonds. The number of aliphatic hydroxyl groups is 4. The van der Waals surface area contributed by atoms with Crippen molar-refractivity contribution in [3.63, 3.8) is 0 Å². The van der Waals surface area contributed by atoms with Crippen LogP contribution in [0.15, 0.2) is 11.0 Å². The molecule has 0 spiro atoms. The summed E-state index contributed by atoms with van der Waals surface area (Å²) in [6, 6.07) is 0. The molecular formula is C27H49N3O6. The lowest BCUT2D eigenvalue weighted by molar-refractivity contribution is -0.291. The molecule has 4 atom stereocenters. The molecule has 1 aliphatic rings. The molecule has 1 aromatic heterocycles. The topological polar surface area (TPSA) is 151 Å². The molecule has 9 nitrogen and oxygen atoms in total. The first-order chi connectivity index (χ1) is 17.3. The van der Waals surface area contributed by atoms with E-state index in [1.807, 2.05) is 0 Å². The van der Waals surface area contributed by atoms with Crippen molar-refractivity contribution < 1.29 is 25.2 Å². The summed E-state index contributed by atoms with van der Waals surface area (Å²) >= 11 is 0. The van der Waals surface area contributed by atoms with Crippen molar-refractivity contribution >= 4 is 5.82 Å². The third-order valence-corrected chi connectivity index (χ3v) is 7.28. The molecule has 1 aliphatic heterocycles. The van der Waals surface area contributed by atoms with Crippen LogP contribution in [0.2, 0.25) is 0 Å². The zero-order valence-electron chi connectivity index (χ0n) is 22.1. The summed E-state index contributed by atoms with van der Waals surface area (Å²) < 4.78 is 5.95. The molecule has 36 heavy (non-hydrogen) atoms. The Balaban J connectivity index is 1.62. The van der Waals surface area contributed by atoms with Gasteiger partial charge in [-0.15, -0.1) is 0 Å². The maximum absolute atomic E-state index is 12.3. The second-order valence-electron chi connectivity index (χ2n) is 10.3. The average Bonchev–Trinajstić information content (AvgIpc) is 3.09. The van der Waals surface area contributed by atoms with Gasteiger partial charge >= 0.3 is 5.69 Å². The van der Waals surface area contributed by atoms with Crippen LogP contribution < -0.4 is 11.4 Å². The minimum absolute atomic E-state index is 0.0764. The quantitative estimate of drug-likeness (QED) is 0.177. The summed E-state index contributed by atoms with van der Waals surface area (Å²) in [5.41, 5.74) is 5.57. The minimum atomic E-state index is -2.52. The number of unbranched alkanes of at least 4 members (excludes halogenated alkanes) is 15. The molecule has 0 aromatic carbocycles. The Morgan fingerprint density at radius 3 is 1.83 bits per heavy atom. The van der Waals surface area contributed by atoms with Crippen LogP contribution in [-0.4, -0.2) is 54.9 Å². The van der Waals surface area contributed by atoms with Gasteiger partial charge in [-0.3, -0.25) is 0 Å². The number of aliphatic hydroxyl groups excluding tert-OH is 3. The smallest absolute Gasteiger partial charge is 0.353 e. The lowest BCUT2D eigenvalue weighted by Gasteiger charge is -2.28. The molecule has 1 aromatic rings. The van der Waals surface area contributed by atoms with Crippen LogP contribution in [0.1, 0.15) is 115 Å². The van der Waals surface area contributed by atoms with E-state index in [2.05, 4.69) is 11.9 Å². The van der Waals surface area contributed by atoms with E-state index in [1.165, 1.54) is 89.7 Å². The van der Waals surface area contributed by atoms with Gasteiger partial charge in [-0.05, 0) is 12.8 Å². The van der Waals surface area contributed by atoms with Crippen molar-refractivity contribution in [3.8, 4) is 0 Å². The van der Waals surface area contributed by atoms with Crippen LogP contribution in [0.3, 0.4) is 0 Å². The van der Waals surface area contributed by atoms with Crippen molar-refractivity contribution in [2.24, 2.45) is 0 Å². The molecule has 0 bridgehead atoms. The number of nitrogen functional groups attached to an aromatic ring is 1. The summed E-state index contributed by atoms with van der Waals surface area (Å²) in [4.78, 5) is 16.1. The van der Waals surface area contributed by atoms with E-state index < -0.39 is 36.5 Å². The highest BCUT2D eigenvalue weighted by Crippen LogP contribution is 2.32. The number of hydrogen-bond donors (Lipinski definition) is 5. The molecule has 1 saturated heterocycles. The van der Waals surface area contributed by atoms with E-state index in [0.717, 1.165) is 23.8 Å². The molecule has 2 rings (SSSR count). The number of nitrogens with two attached hydrogens (primary N) is 1. The van der Waals surface area contributed by atoms with E-state index in [4.69, 9.17) is 10.5 Å². The molecule has 1 fully saturated rings. The van der Waals surface area contributed by atoms with Crippen molar-refractivity contribution in [1.82, 2.24) is 9.55 Å². The van der Waals surface area contributed by atoms with Gasteiger partial charge in [0, 0.05) is 11.8 Å². The number of hydrogen-bond acceptors (Lipinski definition) is 8. The number of nitrogens with zero attached hydrogens (tertiary/aromatic N) is 2. The maximum atomic E-state index is 12.3. The monoisotopic (exact) mass is 511 g/mol. The maximum Gasteiger partial charge on any atom is 0.353 e. The van der Waals surface area contributed by atoms with Crippen LogP contribution in [-0.2, 0) is 17.1 Å². The standard InChI is InChI=1S/C27H49N3O6/c1-2-3-4-5-6-7-8-9-10-11-12-13-14-15-16-17-18-21-19-30(26(34)29-25(21)28)27(35)24(33)23(32)22(20-31)36-27/h19,22-24,31-33,35H,2-18,20H2,1H3,(H2,28,29,34)/t22-,23-,24+,27+/m0/s1. The van der Waals surface area contributed by atoms with Crippen LogP contribution in [0.4, 0.5) is 5.82 Å². The summed E-state index contributed by atoms with van der Waals surface area (Å²) in [7, 11) is 0. The summed E-state index contributed by atoms with van der Waals surface area (Å²) in [5.74, 6) is -2.44. The van der Waals surface area contributed by atoms with Crippen molar-refractivity contribution in [2.45, 2.75) is 140 Å². The van der Waals surface area contributed by atoms with Crippen LogP contribution in [0, 0.1) is 0 Å². The molecule has 9 heteroatoms. The van der Waals surface area contributed by atoms with E-state index in [0.29, 0.717) is 12.0 Å². The normalized spacial score (nSPS) is 24.0. The van der Waals surface area contributed by atoms with Gasteiger partial charge in [0.15, 0.2) is 6.10 Å². The van der Waals surface area contributed by atoms with Gasteiger partial charge in [-0.1, -0.05) is 103 Å². The zero-order valence-corrected chi connectivity index (χ0v) is 22.1. The molecule has 6 N–H and O–H groups in total. The third-order valence-electron chi connectivity index (χ3n) is 7.28. The first-order valence-electron chi connectivity index (χ1n) is 14.1. The van der Waals surface area contributed by atoms with Gasteiger partial charge in [0.2, 0.25) is 0 Å². The van der Waals surface area contributed by atoms with Crippen LogP contribution in [0.5, 0.6) is 0 Å². The minimum Gasteiger partial charge on any atom is -0.394 e. The van der Waals surface area contributed by atoms with E-state index in [-0.39, 0.29) is 5.82 Å². The van der Waals surface area contributed by atoms with E-state index in [1.54, 1.807) is 0 Å². The first-order valence-corrected chi connectivity index (χ1v) is 14.1. The molecule has 2 heterocycles. The molecule has 0 radical (unpaired) electrons. The Labute approximate surface area is 215 Å². The van der Waals surface area contributed by atoms with Gasteiger partial charge < -0.3 is 30.9 Å². The summed E-state index contributed by atoms with van der Waals surface area (Å²) in [5, 5.41) is 40.2. The lowest BCUT2D eigenvalue weighted by atomic mass is 10.0. The Bertz CT molecular complexity index is 804. The van der Waals surface area contributed by atoms with Gasteiger partial charge in [-0.2, -0.15) is 4.98 Å². The molecule has 0 unspecified atom stereocenters. The average molecular weight is 512 g/mol. The molecule has 0 saturated carbocycles. The number of rotatable bonds is 19. The largest absolute Gasteiger partial charge is 0.394 e. The van der Waals surface area contributed by atoms with Crippen molar-refractivity contribution in [2.75, 3.05) is 12.3 Å². The van der Waals surface area contributed by atoms with Gasteiger partial charge in [0.25, 0.3) is 5.91 Å². The highest BCUT2D eigenvalue weighted by Gasteiger charge is 2.55. The first kappa shape index (κ1) is 30.7. The van der Waals surface area contributed by atoms with Crippen LogP contribution >= 0.6 is 0 Å². The van der Waals surface area contributed by atoms with Crippen LogP contribution in [0.25, 0.3) is 0 Å². The SMILES string of the molecule is CCCCCCCCCCCCCCCCCCc1cn([C@]2(O)O[C@@H](CO)[C@H](O)[C@H]2O)c(=O)nc1N. The predicted molar refractivity (Wildman–Crippen MR) is 140 cm³/mol. The van der Waals surface area contributed by atoms with E-state index >= 15 is 0 Å². The molecular weight excluding hydrogens is 462 g/mol. The highest BCUT2D eigenvalue weighted by molar-refractivity contribution is 5.37. The van der Waals surface area contributed by atoms with Gasteiger partial charge in [0.1, 0.15) is 18.0 Å². The Morgan fingerprint density at radius 2 is 1.39 bits per heavy atom. The van der Waals surface area contributed by atoms with Gasteiger partial charge in [-0.25, -0.2) is 9.36 Å². The lowest BCUT2D eigenvalue weighted by Crippen LogP contribution is -2.50. The fourth-order valence-electron chi connectivity index (χ4n) is 4.92. The Hall–Kier alpha value is -1.52. The Morgan fingerprint density at radius 1 is 0.917 bits per heavy atom. The van der Waals surface area contributed by atoms with Gasteiger partial charge in [0.05, 0.1) is 6.61 Å². The number of ether oxygens (including phenoxy) is 1. The number of aromatic nitrogens is 2. The summed E-state index contributed by atoms with van der Waals surface area (Å²) in [6.07, 6.45) is 17.7. The Kier molecular flexibility index (Phi) is 13.9. The number of aryl methyl sites for hydroxylation is 1. The zero-order chi connectivity index (χ0) is 26.4.